The number of ketones is 1. The Morgan fingerprint density at radius 1 is 1.27 bits per heavy atom. The summed E-state index contributed by atoms with van der Waals surface area (Å²) in [6.07, 6.45) is 0.415. The molecule has 1 unspecified atom stereocenters. The van der Waals surface area contributed by atoms with Gasteiger partial charge in [0.15, 0.2) is 5.78 Å². The van der Waals surface area contributed by atoms with E-state index in [9.17, 15) is 18.8 Å². The summed E-state index contributed by atoms with van der Waals surface area (Å²) in [4.78, 5) is 39.5. The van der Waals surface area contributed by atoms with Crippen molar-refractivity contribution in [1.29, 1.82) is 0 Å². The van der Waals surface area contributed by atoms with Crippen molar-refractivity contribution in [2.24, 2.45) is 0 Å². The number of carbonyl (C=O) groups excluding carboxylic acids is 3. The van der Waals surface area contributed by atoms with Gasteiger partial charge in [-0.05, 0) is 31.5 Å². The first-order chi connectivity index (χ1) is 12.3. The highest BCUT2D eigenvalue weighted by molar-refractivity contribution is 6.31. The molecular weight excluding hydrogens is 361 g/mol. The molecule has 2 aliphatic heterocycles. The molecule has 2 saturated heterocycles. The van der Waals surface area contributed by atoms with E-state index in [4.69, 9.17) is 11.6 Å². The van der Waals surface area contributed by atoms with Gasteiger partial charge in [-0.1, -0.05) is 11.6 Å². The van der Waals surface area contributed by atoms with Gasteiger partial charge in [0, 0.05) is 38.3 Å². The Labute approximate surface area is 156 Å². The van der Waals surface area contributed by atoms with Crippen LogP contribution in [0.25, 0.3) is 0 Å². The molecular formula is C18H21ClFN3O3. The van der Waals surface area contributed by atoms with E-state index in [1.165, 1.54) is 6.07 Å². The smallest absolute Gasteiger partial charge is 0.228 e. The summed E-state index contributed by atoms with van der Waals surface area (Å²) in [6.45, 7) is 4.01. The SMILES string of the molecule is CC1(CCC(=O)N2CCN(c3ccc(F)c(Cl)c3)CC2)NC(=O)CC1=O. The lowest BCUT2D eigenvalue weighted by molar-refractivity contribution is -0.132. The monoisotopic (exact) mass is 381 g/mol. The fourth-order valence-corrected chi connectivity index (χ4v) is 3.55. The number of Topliss-reactive ketones (excluding diaryl/α,β-unsaturated/α-hetero) is 1. The van der Waals surface area contributed by atoms with E-state index in [0.29, 0.717) is 32.6 Å². The van der Waals surface area contributed by atoms with Gasteiger partial charge in [0.25, 0.3) is 0 Å². The maximum absolute atomic E-state index is 13.3. The van der Waals surface area contributed by atoms with Crippen LogP contribution in [-0.2, 0) is 14.4 Å². The maximum atomic E-state index is 13.3. The molecule has 1 aromatic carbocycles. The third-order valence-corrected chi connectivity index (χ3v) is 5.38. The van der Waals surface area contributed by atoms with Crippen molar-refractivity contribution < 1.29 is 18.8 Å². The van der Waals surface area contributed by atoms with Crippen LogP contribution in [0.1, 0.15) is 26.2 Å². The summed E-state index contributed by atoms with van der Waals surface area (Å²) in [5.74, 6) is -0.923. The lowest BCUT2D eigenvalue weighted by Gasteiger charge is -2.36. The average molecular weight is 382 g/mol. The zero-order valence-electron chi connectivity index (χ0n) is 14.6. The molecule has 140 valence electrons. The quantitative estimate of drug-likeness (QED) is 0.807. The van der Waals surface area contributed by atoms with E-state index >= 15 is 0 Å². The number of benzene rings is 1. The number of piperazine rings is 1. The Morgan fingerprint density at radius 3 is 2.54 bits per heavy atom. The first-order valence-electron chi connectivity index (χ1n) is 8.60. The van der Waals surface area contributed by atoms with Crippen LogP contribution < -0.4 is 10.2 Å². The second kappa shape index (κ2) is 7.23. The number of rotatable bonds is 4. The van der Waals surface area contributed by atoms with Crippen molar-refractivity contribution in [3.63, 3.8) is 0 Å². The highest BCUT2D eigenvalue weighted by Gasteiger charge is 2.41. The molecule has 6 nitrogen and oxygen atoms in total. The number of nitrogens with zero attached hydrogens (tertiary/aromatic N) is 2. The Kier molecular flexibility index (Phi) is 5.18. The number of nitrogens with one attached hydrogen (secondary N) is 1. The Bertz CT molecular complexity index is 749. The molecule has 2 amide bonds. The Morgan fingerprint density at radius 2 is 1.96 bits per heavy atom. The van der Waals surface area contributed by atoms with E-state index in [2.05, 4.69) is 10.2 Å². The zero-order chi connectivity index (χ0) is 18.9. The van der Waals surface area contributed by atoms with Crippen molar-refractivity contribution in [2.45, 2.75) is 31.7 Å². The molecule has 0 radical (unpaired) electrons. The molecule has 0 spiro atoms. The number of hydrogen-bond acceptors (Lipinski definition) is 4. The van der Waals surface area contributed by atoms with Crippen LogP contribution in [0.2, 0.25) is 5.02 Å². The number of anilines is 1. The summed E-state index contributed by atoms with van der Waals surface area (Å²) in [6, 6.07) is 4.60. The number of carbonyl (C=O) groups is 3. The van der Waals surface area contributed by atoms with Crippen molar-refractivity contribution in [1.82, 2.24) is 10.2 Å². The number of halogens is 2. The highest BCUT2D eigenvalue weighted by Crippen LogP contribution is 2.25. The van der Waals surface area contributed by atoms with Gasteiger partial charge in [-0.15, -0.1) is 0 Å². The van der Waals surface area contributed by atoms with Crippen LogP contribution in [0.3, 0.4) is 0 Å². The second-order valence-corrected chi connectivity index (χ2v) is 7.35. The summed E-state index contributed by atoms with van der Waals surface area (Å²) >= 11 is 5.83. The molecule has 2 heterocycles. The Hall–Kier alpha value is -2.15. The first-order valence-corrected chi connectivity index (χ1v) is 8.98. The molecule has 0 saturated carbocycles. The fraction of sp³-hybridized carbons (Fsp3) is 0.500. The molecule has 0 aliphatic carbocycles. The van der Waals surface area contributed by atoms with Gasteiger partial charge in [-0.3, -0.25) is 14.4 Å². The van der Waals surface area contributed by atoms with E-state index in [-0.39, 0.29) is 35.5 Å². The van der Waals surface area contributed by atoms with Gasteiger partial charge >= 0.3 is 0 Å². The van der Waals surface area contributed by atoms with Crippen molar-refractivity contribution in [3.05, 3.63) is 29.0 Å². The van der Waals surface area contributed by atoms with Gasteiger partial charge in [0.05, 0.1) is 17.0 Å². The molecule has 2 fully saturated rings. The molecule has 0 bridgehead atoms. The van der Waals surface area contributed by atoms with Crippen molar-refractivity contribution >= 4 is 34.9 Å². The van der Waals surface area contributed by atoms with Crippen LogP contribution in [0.5, 0.6) is 0 Å². The summed E-state index contributed by atoms with van der Waals surface area (Å²) in [5.41, 5.74) is -0.102. The minimum atomic E-state index is -0.931. The van der Waals surface area contributed by atoms with Crippen LogP contribution >= 0.6 is 11.6 Å². The van der Waals surface area contributed by atoms with E-state index < -0.39 is 11.4 Å². The molecule has 26 heavy (non-hydrogen) atoms. The highest BCUT2D eigenvalue weighted by atomic mass is 35.5. The van der Waals surface area contributed by atoms with Crippen LogP contribution in [0.15, 0.2) is 18.2 Å². The summed E-state index contributed by atoms with van der Waals surface area (Å²) < 4.78 is 13.3. The van der Waals surface area contributed by atoms with Gasteiger partial charge in [-0.2, -0.15) is 0 Å². The second-order valence-electron chi connectivity index (χ2n) is 6.95. The number of hydrogen-bond donors (Lipinski definition) is 1. The van der Waals surface area contributed by atoms with Crippen LogP contribution in [0.4, 0.5) is 10.1 Å². The standard InChI is InChI=1S/C18H21ClFN3O3/c1-18(15(24)11-16(25)21-18)5-4-17(26)23-8-6-22(7-9-23)12-2-3-14(20)13(19)10-12/h2-3,10H,4-9,11H2,1H3,(H,21,25). The third-order valence-electron chi connectivity index (χ3n) is 5.09. The molecule has 2 aliphatic rings. The van der Waals surface area contributed by atoms with E-state index in [1.54, 1.807) is 24.0 Å². The zero-order valence-corrected chi connectivity index (χ0v) is 15.3. The first kappa shape index (κ1) is 18.6. The van der Waals surface area contributed by atoms with Gasteiger partial charge in [0.1, 0.15) is 5.82 Å². The fourth-order valence-electron chi connectivity index (χ4n) is 3.38. The third kappa shape index (κ3) is 3.82. The van der Waals surface area contributed by atoms with Crippen LogP contribution in [0, 0.1) is 5.82 Å². The molecule has 3 rings (SSSR count). The minimum Gasteiger partial charge on any atom is -0.368 e. The average Bonchev–Trinajstić information content (AvgIpc) is 2.87. The summed E-state index contributed by atoms with van der Waals surface area (Å²) in [5, 5.41) is 2.75. The predicted molar refractivity (Wildman–Crippen MR) is 95.6 cm³/mol. The molecule has 0 aromatic heterocycles. The topological polar surface area (TPSA) is 69.7 Å². The predicted octanol–water partition coefficient (Wildman–Crippen LogP) is 1.76. The molecule has 8 heteroatoms. The largest absolute Gasteiger partial charge is 0.368 e. The van der Waals surface area contributed by atoms with Crippen molar-refractivity contribution in [3.8, 4) is 0 Å². The molecule has 1 atom stereocenters. The van der Waals surface area contributed by atoms with E-state index in [0.717, 1.165) is 5.69 Å². The summed E-state index contributed by atoms with van der Waals surface area (Å²) in [7, 11) is 0. The van der Waals surface area contributed by atoms with Crippen LogP contribution in [-0.4, -0.2) is 54.2 Å². The lowest BCUT2D eigenvalue weighted by Crippen LogP contribution is -2.50. The maximum Gasteiger partial charge on any atom is 0.228 e. The van der Waals surface area contributed by atoms with E-state index in [1.807, 2.05) is 0 Å². The molecule has 1 N–H and O–H groups in total. The number of amides is 2. The van der Waals surface area contributed by atoms with Crippen molar-refractivity contribution in [2.75, 3.05) is 31.1 Å². The van der Waals surface area contributed by atoms with Gasteiger partial charge in [-0.25, -0.2) is 4.39 Å². The molecule has 1 aromatic rings. The Balaban J connectivity index is 1.51. The lowest BCUT2D eigenvalue weighted by atomic mass is 9.92. The normalized spacial score (nSPS) is 23.3. The van der Waals surface area contributed by atoms with Gasteiger partial charge < -0.3 is 15.1 Å². The minimum absolute atomic E-state index is 0.0306. The van der Waals surface area contributed by atoms with Gasteiger partial charge in [0.2, 0.25) is 11.8 Å².